The number of aliphatic imine (C=N–C) groups is 1. The molecule has 1 aliphatic rings. The summed E-state index contributed by atoms with van der Waals surface area (Å²) in [6.07, 6.45) is 1.60. The highest BCUT2D eigenvalue weighted by molar-refractivity contribution is 14.0. The van der Waals surface area contributed by atoms with Crippen LogP contribution in [0, 0.1) is 5.82 Å². The summed E-state index contributed by atoms with van der Waals surface area (Å²) >= 11 is 0. The van der Waals surface area contributed by atoms with Gasteiger partial charge in [-0.1, -0.05) is 30.3 Å². The van der Waals surface area contributed by atoms with E-state index in [1.165, 1.54) is 13.2 Å². The van der Waals surface area contributed by atoms with Gasteiger partial charge in [-0.05, 0) is 42.2 Å². The lowest BCUT2D eigenvalue weighted by atomic mass is 10.1. The number of amides is 1. The summed E-state index contributed by atoms with van der Waals surface area (Å²) in [6.45, 7) is 5.28. The summed E-state index contributed by atoms with van der Waals surface area (Å²) in [4.78, 5) is 20.5. The zero-order chi connectivity index (χ0) is 22.2. The van der Waals surface area contributed by atoms with Crippen molar-refractivity contribution in [3.05, 3.63) is 65.0 Å². The third-order valence-corrected chi connectivity index (χ3v) is 5.28. The number of guanidine groups is 1. The van der Waals surface area contributed by atoms with E-state index in [9.17, 15) is 9.18 Å². The summed E-state index contributed by atoms with van der Waals surface area (Å²) in [5.41, 5.74) is 3.04. The van der Waals surface area contributed by atoms with Crippen molar-refractivity contribution in [2.75, 3.05) is 27.2 Å². The quantitative estimate of drug-likeness (QED) is 0.303. The number of carbonyl (C=O) groups excluding carboxylic acids is 1. The molecule has 1 saturated heterocycles. The van der Waals surface area contributed by atoms with Crippen molar-refractivity contribution in [1.82, 2.24) is 15.1 Å². The molecule has 1 N–H and O–H groups in total. The number of likely N-dealkylation sites (tertiary alicyclic amines) is 1. The van der Waals surface area contributed by atoms with Gasteiger partial charge in [0, 0.05) is 39.6 Å². The number of ether oxygens (including phenoxy) is 1. The summed E-state index contributed by atoms with van der Waals surface area (Å²) in [5.74, 6) is 0.847. The molecule has 6 nitrogen and oxygen atoms in total. The van der Waals surface area contributed by atoms with Gasteiger partial charge in [-0.2, -0.15) is 0 Å². The molecule has 174 valence electrons. The lowest BCUT2D eigenvalue weighted by Crippen LogP contribution is -2.38. The SMILES string of the molecule is CCNC(=NCc1cccc(CN2CCCC2=O)c1)N(C)Cc1ccc(OC)c(F)c1.I. The zero-order valence-electron chi connectivity index (χ0n) is 18.9. The van der Waals surface area contributed by atoms with Crippen molar-refractivity contribution in [3.8, 4) is 5.75 Å². The molecule has 0 spiro atoms. The molecule has 3 rings (SSSR count). The van der Waals surface area contributed by atoms with Gasteiger partial charge in [-0.3, -0.25) is 4.79 Å². The molecule has 0 aromatic heterocycles. The van der Waals surface area contributed by atoms with Crippen LogP contribution in [0.3, 0.4) is 0 Å². The summed E-state index contributed by atoms with van der Waals surface area (Å²) in [6, 6.07) is 13.2. The first-order valence-electron chi connectivity index (χ1n) is 10.7. The average molecular weight is 554 g/mol. The molecule has 1 heterocycles. The molecule has 0 saturated carbocycles. The number of hydrogen-bond donors (Lipinski definition) is 1. The van der Waals surface area contributed by atoms with E-state index in [1.54, 1.807) is 6.07 Å². The van der Waals surface area contributed by atoms with Crippen LogP contribution in [0.4, 0.5) is 4.39 Å². The van der Waals surface area contributed by atoms with E-state index in [4.69, 9.17) is 9.73 Å². The van der Waals surface area contributed by atoms with Gasteiger partial charge >= 0.3 is 0 Å². The number of methoxy groups -OCH3 is 1. The first kappa shape index (κ1) is 25.9. The van der Waals surface area contributed by atoms with Gasteiger partial charge in [0.25, 0.3) is 0 Å². The minimum atomic E-state index is -0.372. The first-order chi connectivity index (χ1) is 15.0. The fourth-order valence-corrected chi connectivity index (χ4v) is 3.71. The fraction of sp³-hybridized carbons (Fsp3) is 0.417. The molecule has 2 aromatic carbocycles. The predicted molar refractivity (Wildman–Crippen MR) is 136 cm³/mol. The second-order valence-corrected chi connectivity index (χ2v) is 7.73. The first-order valence-corrected chi connectivity index (χ1v) is 10.7. The Morgan fingerprint density at radius 1 is 1.22 bits per heavy atom. The summed E-state index contributed by atoms with van der Waals surface area (Å²) in [7, 11) is 3.39. The van der Waals surface area contributed by atoms with Crippen molar-refractivity contribution in [2.24, 2.45) is 4.99 Å². The Morgan fingerprint density at radius 2 is 2.00 bits per heavy atom. The maximum Gasteiger partial charge on any atom is 0.222 e. The Morgan fingerprint density at radius 3 is 2.66 bits per heavy atom. The zero-order valence-corrected chi connectivity index (χ0v) is 21.3. The number of hydrogen-bond acceptors (Lipinski definition) is 3. The lowest BCUT2D eigenvalue weighted by Gasteiger charge is -2.22. The standard InChI is InChI=1S/C24H31FN4O2.HI/c1-4-26-24(28(2)16-20-10-11-22(31-3)21(25)14-20)27-15-18-7-5-8-19(13-18)17-29-12-6-9-23(29)30;/h5,7-8,10-11,13-14H,4,6,9,12,15-17H2,1-3H3,(H,26,27);1H. The van der Waals surface area contributed by atoms with Crippen LogP contribution in [0.25, 0.3) is 0 Å². The normalized spacial score (nSPS) is 13.7. The second-order valence-electron chi connectivity index (χ2n) is 7.73. The topological polar surface area (TPSA) is 57.2 Å². The Kier molecular flexibility index (Phi) is 10.2. The summed E-state index contributed by atoms with van der Waals surface area (Å²) in [5, 5.41) is 3.29. The fourth-order valence-electron chi connectivity index (χ4n) is 3.71. The number of benzene rings is 2. The van der Waals surface area contributed by atoms with Crippen LogP contribution in [-0.4, -0.2) is 48.9 Å². The Labute approximate surface area is 206 Å². The molecule has 8 heteroatoms. The van der Waals surface area contributed by atoms with Gasteiger partial charge in [-0.25, -0.2) is 9.38 Å². The molecule has 1 amide bonds. The third kappa shape index (κ3) is 7.08. The van der Waals surface area contributed by atoms with Gasteiger partial charge in [0.2, 0.25) is 5.91 Å². The van der Waals surface area contributed by atoms with Crippen LogP contribution in [0.5, 0.6) is 5.75 Å². The Balaban J connectivity index is 0.00000363. The number of halogens is 2. The van der Waals surface area contributed by atoms with Gasteiger partial charge in [-0.15, -0.1) is 24.0 Å². The van der Waals surface area contributed by atoms with E-state index in [0.717, 1.165) is 42.2 Å². The van der Waals surface area contributed by atoms with E-state index < -0.39 is 0 Å². The molecular weight excluding hydrogens is 522 g/mol. The van der Waals surface area contributed by atoms with E-state index in [1.807, 2.05) is 48.0 Å². The van der Waals surface area contributed by atoms with Crippen LogP contribution in [0.15, 0.2) is 47.5 Å². The molecule has 2 aromatic rings. The largest absolute Gasteiger partial charge is 0.494 e. The average Bonchev–Trinajstić information content (AvgIpc) is 3.16. The third-order valence-electron chi connectivity index (χ3n) is 5.28. The van der Waals surface area contributed by atoms with Crippen LogP contribution in [0.2, 0.25) is 0 Å². The van der Waals surface area contributed by atoms with Crippen molar-refractivity contribution >= 4 is 35.8 Å². The molecule has 1 aliphatic heterocycles. The predicted octanol–water partition coefficient (Wildman–Crippen LogP) is 4.17. The highest BCUT2D eigenvalue weighted by Gasteiger charge is 2.20. The second kappa shape index (κ2) is 12.6. The molecule has 32 heavy (non-hydrogen) atoms. The van der Waals surface area contributed by atoms with Gasteiger partial charge < -0.3 is 19.9 Å². The van der Waals surface area contributed by atoms with Crippen molar-refractivity contribution in [3.63, 3.8) is 0 Å². The number of rotatable bonds is 8. The van der Waals surface area contributed by atoms with Crippen LogP contribution in [-0.2, 0) is 24.4 Å². The minimum Gasteiger partial charge on any atom is -0.494 e. The van der Waals surface area contributed by atoms with E-state index in [2.05, 4.69) is 11.4 Å². The molecule has 1 fully saturated rings. The van der Waals surface area contributed by atoms with E-state index in [0.29, 0.717) is 26.1 Å². The number of carbonyl (C=O) groups is 1. The lowest BCUT2D eigenvalue weighted by molar-refractivity contribution is -0.128. The number of nitrogens with zero attached hydrogens (tertiary/aromatic N) is 3. The highest BCUT2D eigenvalue weighted by atomic mass is 127. The van der Waals surface area contributed by atoms with Crippen LogP contribution in [0.1, 0.15) is 36.5 Å². The molecule has 0 atom stereocenters. The van der Waals surface area contributed by atoms with Crippen molar-refractivity contribution < 1.29 is 13.9 Å². The van der Waals surface area contributed by atoms with Crippen molar-refractivity contribution in [2.45, 2.75) is 39.4 Å². The Hall–Kier alpha value is -2.36. The van der Waals surface area contributed by atoms with Gasteiger partial charge in [0.15, 0.2) is 17.5 Å². The number of nitrogens with one attached hydrogen (secondary N) is 1. The molecule has 0 bridgehead atoms. The van der Waals surface area contributed by atoms with Gasteiger partial charge in [0.05, 0.1) is 13.7 Å². The van der Waals surface area contributed by atoms with Crippen LogP contribution >= 0.6 is 24.0 Å². The maximum atomic E-state index is 14.0. The van der Waals surface area contributed by atoms with E-state index >= 15 is 0 Å². The molecule has 0 unspecified atom stereocenters. The highest BCUT2D eigenvalue weighted by Crippen LogP contribution is 2.19. The van der Waals surface area contributed by atoms with Gasteiger partial charge in [0.1, 0.15) is 0 Å². The molecule has 0 radical (unpaired) electrons. The van der Waals surface area contributed by atoms with E-state index in [-0.39, 0.29) is 41.5 Å². The minimum absolute atomic E-state index is 0. The Bertz CT molecular complexity index is 938. The smallest absolute Gasteiger partial charge is 0.222 e. The summed E-state index contributed by atoms with van der Waals surface area (Å²) < 4.78 is 19.0. The monoisotopic (exact) mass is 554 g/mol. The maximum absolute atomic E-state index is 14.0. The van der Waals surface area contributed by atoms with Crippen molar-refractivity contribution in [1.29, 1.82) is 0 Å². The molecule has 0 aliphatic carbocycles. The molecular formula is C24H32FIN4O2. The van der Waals surface area contributed by atoms with Crippen LogP contribution < -0.4 is 10.1 Å².